The maximum atomic E-state index is 13.1. The lowest BCUT2D eigenvalue weighted by molar-refractivity contribution is 0.187. The molecule has 0 saturated carbocycles. The molecule has 37 heavy (non-hydrogen) atoms. The van der Waals surface area contributed by atoms with Crippen LogP contribution in [0.4, 0.5) is 10.5 Å². The highest BCUT2D eigenvalue weighted by Gasteiger charge is 2.14. The summed E-state index contributed by atoms with van der Waals surface area (Å²) < 4.78 is 7.76. The van der Waals surface area contributed by atoms with Crippen molar-refractivity contribution in [1.29, 1.82) is 0 Å². The van der Waals surface area contributed by atoms with Gasteiger partial charge in [-0.15, -0.1) is 5.10 Å². The fourth-order valence-electron chi connectivity index (χ4n) is 3.94. The predicted octanol–water partition coefficient (Wildman–Crippen LogP) is 4.07. The molecular formula is C25H21ClN8O3. The molecule has 0 bridgehead atoms. The number of rotatable bonds is 6. The number of tetrazole rings is 1. The number of methoxy groups -OCH3 is 1. The second-order valence-corrected chi connectivity index (χ2v) is 8.60. The summed E-state index contributed by atoms with van der Waals surface area (Å²) in [5.41, 5.74) is 4.98. The van der Waals surface area contributed by atoms with Gasteiger partial charge in [0.05, 0.1) is 31.2 Å². The van der Waals surface area contributed by atoms with E-state index in [9.17, 15) is 9.59 Å². The Morgan fingerprint density at radius 3 is 2.62 bits per heavy atom. The quantitative estimate of drug-likeness (QED) is 0.347. The van der Waals surface area contributed by atoms with Gasteiger partial charge in [-0.05, 0) is 64.9 Å². The summed E-state index contributed by atoms with van der Waals surface area (Å²) in [6.45, 7) is 2.13. The molecule has 0 radical (unpaired) electrons. The number of ether oxygens (including phenoxy) is 1. The number of carbonyl (C=O) groups is 1. The van der Waals surface area contributed by atoms with E-state index in [1.54, 1.807) is 47.2 Å². The molecule has 186 valence electrons. The van der Waals surface area contributed by atoms with E-state index in [1.807, 2.05) is 25.1 Å². The van der Waals surface area contributed by atoms with E-state index in [4.69, 9.17) is 11.6 Å². The molecular weight excluding hydrogens is 496 g/mol. The highest BCUT2D eigenvalue weighted by Crippen LogP contribution is 2.29. The van der Waals surface area contributed by atoms with Crippen molar-refractivity contribution in [3.8, 4) is 28.1 Å². The topological polar surface area (TPSA) is 133 Å². The fourth-order valence-corrected chi connectivity index (χ4v) is 4.11. The highest BCUT2D eigenvalue weighted by atomic mass is 35.5. The summed E-state index contributed by atoms with van der Waals surface area (Å²) >= 11 is 6.26. The number of nitrogens with one attached hydrogen (secondary N) is 2. The number of pyridine rings is 1. The fraction of sp³-hybridized carbons (Fsp3) is 0.120. The van der Waals surface area contributed by atoms with E-state index < -0.39 is 6.09 Å². The molecule has 5 aromatic rings. The molecule has 12 heteroatoms. The average molecular weight is 517 g/mol. The molecule has 0 aliphatic carbocycles. The first-order chi connectivity index (χ1) is 17.9. The van der Waals surface area contributed by atoms with Crippen LogP contribution in [0.2, 0.25) is 5.02 Å². The van der Waals surface area contributed by atoms with E-state index in [1.165, 1.54) is 18.1 Å². The Hall–Kier alpha value is -4.77. The molecule has 3 heterocycles. The SMILES string of the molecule is COC(=O)Nc1ccc(-c2cnc(Cn3c(C)cc(-c4cc(Cl)ccc4-n4cnnn4)cc3=O)[nH]2)cc1. The first-order valence-electron chi connectivity index (χ1n) is 11.2. The molecule has 2 N–H and O–H groups in total. The average Bonchev–Trinajstić information content (AvgIpc) is 3.59. The number of hydrogen-bond acceptors (Lipinski definition) is 7. The van der Waals surface area contributed by atoms with Crippen LogP contribution in [0, 0.1) is 6.92 Å². The van der Waals surface area contributed by atoms with Gasteiger partial charge in [-0.1, -0.05) is 23.7 Å². The maximum Gasteiger partial charge on any atom is 0.411 e. The first kappa shape index (κ1) is 23.9. The van der Waals surface area contributed by atoms with Gasteiger partial charge in [-0.2, -0.15) is 4.68 Å². The number of amides is 1. The molecule has 1 amide bonds. The normalized spacial score (nSPS) is 10.9. The van der Waals surface area contributed by atoms with Gasteiger partial charge in [-0.3, -0.25) is 10.1 Å². The molecule has 0 atom stereocenters. The van der Waals surface area contributed by atoms with E-state index in [0.717, 1.165) is 22.5 Å². The molecule has 0 aliphatic heterocycles. The molecule has 2 aromatic carbocycles. The molecule has 0 spiro atoms. The summed E-state index contributed by atoms with van der Waals surface area (Å²) in [5, 5.41) is 14.5. The number of halogens is 1. The van der Waals surface area contributed by atoms with E-state index in [2.05, 4.69) is 35.5 Å². The Morgan fingerprint density at radius 1 is 1.11 bits per heavy atom. The number of aryl methyl sites for hydroxylation is 1. The first-order valence-corrected chi connectivity index (χ1v) is 11.5. The number of H-pyrrole nitrogens is 1. The smallest absolute Gasteiger partial charge is 0.411 e. The van der Waals surface area contributed by atoms with Gasteiger partial charge in [-0.25, -0.2) is 9.78 Å². The number of imidazole rings is 1. The van der Waals surface area contributed by atoms with Gasteiger partial charge < -0.3 is 14.3 Å². The van der Waals surface area contributed by atoms with Gasteiger partial charge in [0.15, 0.2) is 0 Å². The maximum absolute atomic E-state index is 13.1. The van der Waals surface area contributed by atoms with Gasteiger partial charge in [0.2, 0.25) is 0 Å². The van der Waals surface area contributed by atoms with Crippen LogP contribution in [0.5, 0.6) is 0 Å². The van der Waals surface area contributed by atoms with Crippen LogP contribution in [0.15, 0.2) is 71.9 Å². The van der Waals surface area contributed by atoms with Crippen LogP contribution in [0.1, 0.15) is 11.5 Å². The predicted molar refractivity (Wildman–Crippen MR) is 138 cm³/mol. The lowest BCUT2D eigenvalue weighted by atomic mass is 10.0. The zero-order valence-electron chi connectivity index (χ0n) is 19.8. The third kappa shape index (κ3) is 5.11. The Balaban J connectivity index is 1.40. The second kappa shape index (κ2) is 10.1. The third-order valence-electron chi connectivity index (χ3n) is 5.76. The molecule has 0 saturated heterocycles. The molecule has 11 nitrogen and oxygen atoms in total. The highest BCUT2D eigenvalue weighted by molar-refractivity contribution is 6.31. The van der Waals surface area contributed by atoms with Crippen molar-refractivity contribution in [3.05, 3.63) is 94.0 Å². The summed E-state index contributed by atoms with van der Waals surface area (Å²) in [6.07, 6.45) is 2.65. The van der Waals surface area contributed by atoms with Crippen LogP contribution in [0.3, 0.4) is 0 Å². The van der Waals surface area contributed by atoms with Crippen molar-refractivity contribution in [3.63, 3.8) is 0 Å². The number of carbonyl (C=O) groups excluding carboxylic acids is 1. The van der Waals surface area contributed by atoms with Crippen LogP contribution in [-0.4, -0.2) is 47.9 Å². The summed E-state index contributed by atoms with van der Waals surface area (Å²) in [5.74, 6) is 0.627. The summed E-state index contributed by atoms with van der Waals surface area (Å²) in [4.78, 5) is 32.2. The van der Waals surface area contributed by atoms with E-state index in [-0.39, 0.29) is 12.1 Å². The minimum atomic E-state index is -0.537. The Labute approximate surface area is 215 Å². The van der Waals surface area contributed by atoms with Gasteiger partial charge in [0.1, 0.15) is 12.2 Å². The van der Waals surface area contributed by atoms with E-state index in [0.29, 0.717) is 27.8 Å². The van der Waals surface area contributed by atoms with Crippen molar-refractivity contribution >= 4 is 23.4 Å². The number of anilines is 1. The number of aromatic nitrogens is 7. The summed E-state index contributed by atoms with van der Waals surface area (Å²) in [7, 11) is 1.31. The molecule has 3 aromatic heterocycles. The van der Waals surface area contributed by atoms with Crippen molar-refractivity contribution < 1.29 is 9.53 Å². The Kier molecular flexibility index (Phi) is 6.52. The van der Waals surface area contributed by atoms with Crippen molar-refractivity contribution in [2.24, 2.45) is 0 Å². The van der Waals surface area contributed by atoms with E-state index >= 15 is 0 Å². The lowest BCUT2D eigenvalue weighted by Gasteiger charge is -2.13. The second-order valence-electron chi connectivity index (χ2n) is 8.16. The molecule has 0 aliphatic rings. The molecule has 5 rings (SSSR count). The lowest BCUT2D eigenvalue weighted by Crippen LogP contribution is -2.23. The Morgan fingerprint density at radius 2 is 1.92 bits per heavy atom. The number of benzene rings is 2. The standard InChI is InChI=1S/C25H21ClN8O3/c1-15-9-17(20-11-18(26)5-8-22(20)34-14-28-31-32-34)10-24(35)33(15)13-23-27-12-21(30-23)16-3-6-19(7-4-16)29-25(36)37-2/h3-12,14H,13H2,1-2H3,(H,27,30)(H,29,36). The number of nitrogens with zero attached hydrogens (tertiary/aromatic N) is 6. The van der Waals surface area contributed by atoms with Crippen molar-refractivity contribution in [2.75, 3.05) is 12.4 Å². The number of hydrogen-bond donors (Lipinski definition) is 2. The summed E-state index contributed by atoms with van der Waals surface area (Å²) in [6, 6.07) is 16.0. The molecule has 0 fully saturated rings. The van der Waals surface area contributed by atoms with Crippen LogP contribution >= 0.6 is 11.6 Å². The van der Waals surface area contributed by atoms with Crippen molar-refractivity contribution in [2.45, 2.75) is 13.5 Å². The molecule has 0 unspecified atom stereocenters. The van der Waals surface area contributed by atoms with Crippen LogP contribution in [-0.2, 0) is 11.3 Å². The minimum absolute atomic E-state index is 0.186. The van der Waals surface area contributed by atoms with Gasteiger partial charge >= 0.3 is 6.09 Å². The number of aromatic amines is 1. The zero-order valence-corrected chi connectivity index (χ0v) is 20.6. The van der Waals surface area contributed by atoms with Crippen LogP contribution in [0.25, 0.3) is 28.1 Å². The van der Waals surface area contributed by atoms with Crippen molar-refractivity contribution in [1.82, 2.24) is 34.7 Å². The zero-order chi connectivity index (χ0) is 25.9. The Bertz CT molecular complexity index is 1620. The largest absolute Gasteiger partial charge is 0.453 e. The minimum Gasteiger partial charge on any atom is -0.453 e. The van der Waals surface area contributed by atoms with Gasteiger partial charge in [0.25, 0.3) is 5.56 Å². The van der Waals surface area contributed by atoms with Crippen LogP contribution < -0.4 is 10.9 Å². The van der Waals surface area contributed by atoms with Gasteiger partial charge in [0, 0.05) is 28.0 Å². The third-order valence-corrected chi connectivity index (χ3v) is 6.00. The monoisotopic (exact) mass is 516 g/mol.